The highest BCUT2D eigenvalue weighted by Crippen LogP contribution is 1.95. The molecule has 9 nitrogen and oxygen atoms in total. The molecule has 0 fully saturated rings. The zero-order valence-electron chi connectivity index (χ0n) is 12.1. The lowest BCUT2D eigenvalue weighted by molar-refractivity contribution is -0.137. The summed E-state index contributed by atoms with van der Waals surface area (Å²) in [6.07, 6.45) is -0.0804. The maximum atomic E-state index is 11.5. The van der Waals surface area contributed by atoms with E-state index in [0.29, 0.717) is 13.2 Å². The van der Waals surface area contributed by atoms with Crippen molar-refractivity contribution in [1.29, 1.82) is 0 Å². The predicted molar refractivity (Wildman–Crippen MR) is 72.5 cm³/mol. The second-order valence-electron chi connectivity index (χ2n) is 4.27. The number of nitrogens with one attached hydrogen (secondary N) is 3. The minimum atomic E-state index is -1.01. The third-order valence-corrected chi connectivity index (χ3v) is 2.39. The molecule has 1 unspecified atom stereocenters. The Kier molecular flexibility index (Phi) is 9.52. The smallest absolute Gasteiger partial charge is 0.322 e. The van der Waals surface area contributed by atoms with Gasteiger partial charge in [-0.2, -0.15) is 0 Å². The molecule has 0 aromatic heterocycles. The van der Waals surface area contributed by atoms with Crippen LogP contribution >= 0.6 is 0 Å². The summed E-state index contributed by atoms with van der Waals surface area (Å²) in [4.78, 5) is 44.5. The van der Waals surface area contributed by atoms with Gasteiger partial charge in [-0.1, -0.05) is 0 Å². The van der Waals surface area contributed by atoms with Crippen LogP contribution in [0.4, 0.5) is 4.79 Å². The maximum Gasteiger partial charge on any atom is 0.322 e. The molecule has 0 aliphatic heterocycles. The molecule has 9 heteroatoms. The van der Waals surface area contributed by atoms with Gasteiger partial charge in [0.05, 0.1) is 6.61 Å². The number of hydrogen-bond acceptors (Lipinski definition) is 5. The number of aliphatic carboxylic acids is 1. The van der Waals surface area contributed by atoms with Crippen molar-refractivity contribution in [3.63, 3.8) is 0 Å². The molecule has 0 aliphatic carbocycles. The van der Waals surface area contributed by atoms with Gasteiger partial charge in [0, 0.05) is 26.5 Å². The van der Waals surface area contributed by atoms with Crippen LogP contribution in [0.1, 0.15) is 26.2 Å². The Labute approximate surface area is 122 Å². The third-order valence-electron chi connectivity index (χ3n) is 2.39. The van der Waals surface area contributed by atoms with Gasteiger partial charge in [0.25, 0.3) is 0 Å². The summed E-state index contributed by atoms with van der Waals surface area (Å²) in [5.41, 5.74) is 0. The molecule has 0 spiro atoms. The normalized spacial score (nSPS) is 11.3. The number of carbonyl (C=O) groups excluding carboxylic acids is 3. The van der Waals surface area contributed by atoms with Crippen molar-refractivity contribution in [1.82, 2.24) is 16.0 Å². The van der Waals surface area contributed by atoms with Crippen LogP contribution in [0.2, 0.25) is 0 Å². The lowest BCUT2D eigenvalue weighted by Crippen LogP contribution is -2.50. The molecule has 0 aliphatic rings. The van der Waals surface area contributed by atoms with Gasteiger partial charge in [-0.05, 0) is 13.3 Å². The van der Waals surface area contributed by atoms with E-state index < -0.39 is 29.9 Å². The van der Waals surface area contributed by atoms with Crippen molar-refractivity contribution in [2.75, 3.05) is 20.3 Å². The maximum absolute atomic E-state index is 11.5. The van der Waals surface area contributed by atoms with Crippen LogP contribution in [0.25, 0.3) is 0 Å². The van der Waals surface area contributed by atoms with Crippen LogP contribution in [0.15, 0.2) is 0 Å². The van der Waals surface area contributed by atoms with Crippen LogP contribution in [0.5, 0.6) is 0 Å². The molecule has 0 saturated carbocycles. The van der Waals surface area contributed by atoms with E-state index in [2.05, 4.69) is 10.6 Å². The second-order valence-corrected chi connectivity index (χ2v) is 4.27. The van der Waals surface area contributed by atoms with Gasteiger partial charge in [-0.25, -0.2) is 4.79 Å². The number of amides is 4. The fraction of sp³-hybridized carbons (Fsp3) is 0.667. The Morgan fingerprint density at radius 2 is 1.86 bits per heavy atom. The summed E-state index contributed by atoms with van der Waals surface area (Å²) in [7, 11) is 1.50. The van der Waals surface area contributed by atoms with Gasteiger partial charge in [-0.3, -0.25) is 19.7 Å². The van der Waals surface area contributed by atoms with E-state index in [1.807, 2.05) is 5.32 Å². The number of urea groups is 1. The highest BCUT2D eigenvalue weighted by molar-refractivity contribution is 5.96. The zero-order chi connectivity index (χ0) is 16.3. The molecule has 0 radical (unpaired) electrons. The topological polar surface area (TPSA) is 134 Å². The Balaban J connectivity index is 3.93. The van der Waals surface area contributed by atoms with Crippen LogP contribution in [-0.4, -0.2) is 55.2 Å². The van der Waals surface area contributed by atoms with Gasteiger partial charge in [-0.15, -0.1) is 0 Å². The van der Waals surface area contributed by atoms with E-state index in [-0.39, 0.29) is 19.3 Å². The van der Waals surface area contributed by atoms with Crippen LogP contribution in [0, 0.1) is 0 Å². The van der Waals surface area contributed by atoms with Crippen molar-refractivity contribution in [2.45, 2.75) is 32.2 Å². The van der Waals surface area contributed by atoms with Crippen LogP contribution in [-0.2, 0) is 19.1 Å². The minimum absolute atomic E-state index is 0.0753. The molecule has 0 rings (SSSR count). The number of carboxylic acid groups (broad SMARTS) is 1. The van der Waals surface area contributed by atoms with E-state index in [4.69, 9.17) is 9.84 Å². The molecule has 4 amide bonds. The molecule has 0 saturated heterocycles. The molecule has 4 N–H and O–H groups in total. The number of carbonyl (C=O) groups is 4. The fourth-order valence-electron chi connectivity index (χ4n) is 1.32. The van der Waals surface area contributed by atoms with Gasteiger partial charge in [0.15, 0.2) is 0 Å². The molecule has 120 valence electrons. The summed E-state index contributed by atoms with van der Waals surface area (Å²) in [6.45, 7) is 2.14. The first kappa shape index (κ1) is 18.8. The Bertz CT molecular complexity index is 385. The van der Waals surface area contributed by atoms with Crippen LogP contribution < -0.4 is 16.0 Å². The predicted octanol–water partition coefficient (Wildman–Crippen LogP) is -0.782. The molecule has 0 heterocycles. The van der Waals surface area contributed by atoms with Crippen molar-refractivity contribution >= 4 is 23.8 Å². The number of methoxy groups -OCH3 is 1. The summed E-state index contributed by atoms with van der Waals surface area (Å²) >= 11 is 0. The lowest BCUT2D eigenvalue weighted by Gasteiger charge is -2.14. The van der Waals surface area contributed by atoms with Crippen molar-refractivity contribution < 1.29 is 29.0 Å². The highest BCUT2D eigenvalue weighted by atomic mass is 16.5. The number of hydrogen-bond donors (Lipinski definition) is 4. The number of ether oxygens (including phenoxy) is 1. The van der Waals surface area contributed by atoms with Crippen molar-refractivity contribution in [3.8, 4) is 0 Å². The fourth-order valence-corrected chi connectivity index (χ4v) is 1.32. The number of carboxylic acids is 1. The number of imide groups is 1. The van der Waals surface area contributed by atoms with E-state index >= 15 is 0 Å². The van der Waals surface area contributed by atoms with Gasteiger partial charge in [0.1, 0.15) is 6.04 Å². The second kappa shape index (κ2) is 10.6. The highest BCUT2D eigenvalue weighted by Gasteiger charge is 2.16. The SMILES string of the molecule is COCCNC(=O)C(C)NC(=O)NC(=O)CCCC(=O)O. The van der Waals surface area contributed by atoms with Gasteiger partial charge < -0.3 is 20.5 Å². The summed E-state index contributed by atoms with van der Waals surface area (Å²) in [5, 5.41) is 15.3. The Hall–Kier alpha value is -2.16. The Morgan fingerprint density at radius 3 is 2.43 bits per heavy atom. The zero-order valence-corrected chi connectivity index (χ0v) is 12.1. The minimum Gasteiger partial charge on any atom is -0.481 e. The van der Waals surface area contributed by atoms with E-state index in [0.717, 1.165) is 0 Å². The molecule has 0 aromatic rings. The monoisotopic (exact) mass is 303 g/mol. The first-order valence-electron chi connectivity index (χ1n) is 6.45. The molecule has 0 bridgehead atoms. The average Bonchev–Trinajstić information content (AvgIpc) is 2.37. The summed E-state index contributed by atoms with van der Waals surface area (Å²) in [6, 6.07) is -1.61. The summed E-state index contributed by atoms with van der Waals surface area (Å²) < 4.78 is 4.76. The first-order chi connectivity index (χ1) is 9.86. The average molecular weight is 303 g/mol. The van der Waals surface area contributed by atoms with E-state index in [1.54, 1.807) is 0 Å². The quantitative estimate of drug-likeness (QED) is 0.413. The summed E-state index contributed by atoms with van der Waals surface area (Å²) in [5.74, 6) is -2.00. The molecule has 21 heavy (non-hydrogen) atoms. The molecule has 0 aromatic carbocycles. The standard InChI is InChI=1S/C12H21N3O6/c1-8(11(19)13-6-7-21-2)14-12(20)15-9(16)4-3-5-10(17)18/h8H,3-7H2,1-2H3,(H,13,19)(H,17,18)(H2,14,15,16,20). The molecule has 1 atom stereocenters. The molecular weight excluding hydrogens is 282 g/mol. The van der Waals surface area contributed by atoms with Crippen molar-refractivity contribution in [2.24, 2.45) is 0 Å². The van der Waals surface area contributed by atoms with Crippen molar-refractivity contribution in [3.05, 3.63) is 0 Å². The number of rotatable bonds is 9. The van der Waals surface area contributed by atoms with Gasteiger partial charge in [0.2, 0.25) is 11.8 Å². The van der Waals surface area contributed by atoms with E-state index in [9.17, 15) is 19.2 Å². The van der Waals surface area contributed by atoms with Gasteiger partial charge >= 0.3 is 12.0 Å². The molecular formula is C12H21N3O6. The van der Waals surface area contributed by atoms with Crippen LogP contribution in [0.3, 0.4) is 0 Å². The lowest BCUT2D eigenvalue weighted by atomic mass is 10.2. The first-order valence-corrected chi connectivity index (χ1v) is 6.45. The third kappa shape index (κ3) is 10.3. The van der Waals surface area contributed by atoms with E-state index in [1.165, 1.54) is 14.0 Å². The Morgan fingerprint density at radius 1 is 1.19 bits per heavy atom. The largest absolute Gasteiger partial charge is 0.481 e.